The minimum atomic E-state index is -0.0507. The summed E-state index contributed by atoms with van der Waals surface area (Å²) in [7, 11) is 0. The summed E-state index contributed by atoms with van der Waals surface area (Å²) < 4.78 is 7.97. The molecule has 3 saturated heterocycles. The Morgan fingerprint density at radius 3 is 3.16 bits per heavy atom. The molecule has 1 amide bonds. The molecule has 0 saturated carbocycles. The van der Waals surface area contributed by atoms with Crippen LogP contribution in [0.2, 0.25) is 0 Å². The standard InChI is InChI=1S/C17H26N4O2S.ClH/c22-16(15-3-7-21(20-15)14-2-1-6-18-11-14)19-13-4-8-23-17(10-13)5-9-24-12-17;/h3,7,13-14,18H,1-2,4-6,8-12H2,(H,19,22);1H. The van der Waals surface area contributed by atoms with Crippen LogP contribution in [0.5, 0.6) is 0 Å². The lowest BCUT2D eigenvalue weighted by atomic mass is 9.90. The van der Waals surface area contributed by atoms with Crippen molar-refractivity contribution in [1.82, 2.24) is 20.4 Å². The number of ether oxygens (including phenoxy) is 1. The smallest absolute Gasteiger partial charge is 0.271 e. The third-order valence-corrected chi connectivity index (χ3v) is 6.60. The Bertz CT molecular complexity index is 585. The number of nitrogens with zero attached hydrogens (tertiary/aromatic N) is 2. The number of thioether (sulfide) groups is 1. The van der Waals surface area contributed by atoms with E-state index in [1.807, 2.05) is 28.7 Å². The number of rotatable bonds is 3. The Labute approximate surface area is 159 Å². The second kappa shape index (κ2) is 8.29. The van der Waals surface area contributed by atoms with E-state index in [9.17, 15) is 4.79 Å². The minimum absolute atomic E-state index is 0. The Balaban J connectivity index is 0.00000182. The maximum absolute atomic E-state index is 12.6. The van der Waals surface area contributed by atoms with Gasteiger partial charge in [0.1, 0.15) is 5.69 Å². The van der Waals surface area contributed by atoms with Crippen LogP contribution in [-0.4, -0.2) is 58.5 Å². The normalized spacial score (nSPS) is 32.3. The molecule has 4 rings (SSSR count). The number of amides is 1. The Morgan fingerprint density at radius 1 is 1.48 bits per heavy atom. The molecule has 0 aliphatic carbocycles. The van der Waals surface area contributed by atoms with Crippen LogP contribution >= 0.6 is 24.2 Å². The summed E-state index contributed by atoms with van der Waals surface area (Å²) in [5.41, 5.74) is 0.524. The largest absolute Gasteiger partial charge is 0.374 e. The fourth-order valence-corrected chi connectivity index (χ4v) is 5.37. The van der Waals surface area contributed by atoms with Gasteiger partial charge in [0, 0.05) is 31.1 Å². The van der Waals surface area contributed by atoms with Gasteiger partial charge in [-0.1, -0.05) is 0 Å². The summed E-state index contributed by atoms with van der Waals surface area (Å²) in [6.45, 7) is 2.76. The average molecular weight is 387 g/mol. The topological polar surface area (TPSA) is 68.2 Å². The summed E-state index contributed by atoms with van der Waals surface area (Å²) in [6, 6.07) is 2.40. The lowest BCUT2D eigenvalue weighted by Gasteiger charge is -2.37. The van der Waals surface area contributed by atoms with Crippen molar-refractivity contribution in [3.63, 3.8) is 0 Å². The third kappa shape index (κ3) is 4.32. The zero-order valence-corrected chi connectivity index (χ0v) is 16.0. The second-order valence-electron chi connectivity index (χ2n) is 7.18. The van der Waals surface area contributed by atoms with Gasteiger partial charge in [0.15, 0.2) is 0 Å². The first kappa shape index (κ1) is 19.0. The average Bonchev–Trinajstić information content (AvgIpc) is 3.26. The van der Waals surface area contributed by atoms with E-state index in [1.165, 1.54) is 5.75 Å². The van der Waals surface area contributed by atoms with Gasteiger partial charge in [-0.15, -0.1) is 12.4 Å². The molecule has 8 heteroatoms. The number of hydrogen-bond acceptors (Lipinski definition) is 5. The summed E-state index contributed by atoms with van der Waals surface area (Å²) in [5.74, 6) is 2.17. The summed E-state index contributed by atoms with van der Waals surface area (Å²) >= 11 is 1.96. The second-order valence-corrected chi connectivity index (χ2v) is 8.28. The first-order chi connectivity index (χ1) is 11.7. The van der Waals surface area contributed by atoms with E-state index in [-0.39, 0.29) is 30.0 Å². The van der Waals surface area contributed by atoms with Crippen LogP contribution in [-0.2, 0) is 4.74 Å². The molecule has 0 radical (unpaired) electrons. The highest BCUT2D eigenvalue weighted by Crippen LogP contribution is 2.38. The van der Waals surface area contributed by atoms with Crippen LogP contribution in [0.25, 0.3) is 0 Å². The Hall–Kier alpha value is -0.760. The molecule has 1 aromatic heterocycles. The number of carbonyl (C=O) groups is 1. The highest BCUT2D eigenvalue weighted by molar-refractivity contribution is 7.99. The molecule has 140 valence electrons. The van der Waals surface area contributed by atoms with Crippen LogP contribution in [0.1, 0.15) is 48.6 Å². The maximum Gasteiger partial charge on any atom is 0.271 e. The molecule has 0 bridgehead atoms. The molecule has 0 aromatic carbocycles. The Morgan fingerprint density at radius 2 is 2.40 bits per heavy atom. The summed E-state index contributed by atoms with van der Waals surface area (Å²) in [6.07, 6.45) is 7.15. The number of carbonyl (C=O) groups excluding carboxylic acids is 1. The highest BCUT2D eigenvalue weighted by atomic mass is 35.5. The molecule has 6 nitrogen and oxygen atoms in total. The van der Waals surface area contributed by atoms with Crippen molar-refractivity contribution in [3.05, 3.63) is 18.0 Å². The highest BCUT2D eigenvalue weighted by Gasteiger charge is 2.41. The fraction of sp³-hybridized carbons (Fsp3) is 0.765. The first-order valence-electron chi connectivity index (χ1n) is 9.03. The molecule has 3 unspecified atom stereocenters. The zero-order chi connectivity index (χ0) is 16.4. The van der Waals surface area contributed by atoms with Gasteiger partial charge >= 0.3 is 0 Å². The van der Waals surface area contributed by atoms with Crippen molar-refractivity contribution in [1.29, 1.82) is 0 Å². The minimum Gasteiger partial charge on any atom is -0.374 e. The van der Waals surface area contributed by atoms with Crippen molar-refractivity contribution >= 4 is 30.1 Å². The van der Waals surface area contributed by atoms with Gasteiger partial charge in [-0.05, 0) is 50.5 Å². The van der Waals surface area contributed by atoms with Crippen LogP contribution < -0.4 is 10.6 Å². The third-order valence-electron chi connectivity index (χ3n) is 5.38. The van der Waals surface area contributed by atoms with Crippen LogP contribution in [0.15, 0.2) is 12.3 Å². The maximum atomic E-state index is 12.6. The molecule has 25 heavy (non-hydrogen) atoms. The van der Waals surface area contributed by atoms with Gasteiger partial charge in [0.2, 0.25) is 0 Å². The molecule has 4 heterocycles. The molecule has 1 aromatic rings. The van der Waals surface area contributed by atoms with Gasteiger partial charge in [0.25, 0.3) is 5.91 Å². The van der Waals surface area contributed by atoms with Crippen molar-refractivity contribution in [2.24, 2.45) is 0 Å². The van der Waals surface area contributed by atoms with E-state index in [0.717, 1.165) is 57.6 Å². The first-order valence-corrected chi connectivity index (χ1v) is 10.2. The molecular formula is C17H27ClN4O2S. The SMILES string of the molecule is Cl.O=C(NC1CCOC2(CCSC2)C1)c1ccn(C2CCCNC2)n1. The van der Waals surface area contributed by atoms with Crippen LogP contribution in [0, 0.1) is 0 Å². The van der Waals surface area contributed by atoms with E-state index >= 15 is 0 Å². The molecule has 1 spiro atoms. The lowest BCUT2D eigenvalue weighted by Crippen LogP contribution is -2.48. The van der Waals surface area contributed by atoms with Gasteiger partial charge in [-0.2, -0.15) is 16.9 Å². The van der Waals surface area contributed by atoms with Crippen molar-refractivity contribution in [2.45, 2.75) is 49.8 Å². The molecule has 3 aliphatic heterocycles. The van der Waals surface area contributed by atoms with E-state index in [2.05, 4.69) is 15.7 Å². The molecule has 3 aliphatic rings. The van der Waals surface area contributed by atoms with E-state index in [4.69, 9.17) is 4.74 Å². The lowest BCUT2D eigenvalue weighted by molar-refractivity contribution is -0.0688. The van der Waals surface area contributed by atoms with Gasteiger partial charge in [0.05, 0.1) is 11.6 Å². The van der Waals surface area contributed by atoms with Gasteiger partial charge in [-0.3, -0.25) is 9.48 Å². The van der Waals surface area contributed by atoms with E-state index in [1.54, 1.807) is 0 Å². The number of aromatic nitrogens is 2. The van der Waals surface area contributed by atoms with Crippen LogP contribution in [0.3, 0.4) is 0 Å². The van der Waals surface area contributed by atoms with E-state index < -0.39 is 0 Å². The fourth-order valence-electron chi connectivity index (χ4n) is 4.00. The van der Waals surface area contributed by atoms with Crippen LogP contribution in [0.4, 0.5) is 0 Å². The predicted molar refractivity (Wildman–Crippen MR) is 102 cm³/mol. The zero-order valence-electron chi connectivity index (χ0n) is 14.4. The quantitative estimate of drug-likeness (QED) is 0.831. The van der Waals surface area contributed by atoms with Gasteiger partial charge < -0.3 is 15.4 Å². The predicted octanol–water partition coefficient (Wildman–Crippen LogP) is 2.01. The molecule has 3 fully saturated rings. The molecule has 3 atom stereocenters. The molecular weight excluding hydrogens is 360 g/mol. The monoisotopic (exact) mass is 386 g/mol. The van der Waals surface area contributed by atoms with E-state index in [0.29, 0.717) is 11.7 Å². The van der Waals surface area contributed by atoms with Crippen molar-refractivity contribution < 1.29 is 9.53 Å². The number of nitrogens with one attached hydrogen (secondary N) is 2. The van der Waals surface area contributed by atoms with Gasteiger partial charge in [-0.25, -0.2) is 0 Å². The number of piperidine rings is 1. The van der Waals surface area contributed by atoms with Crippen molar-refractivity contribution in [3.8, 4) is 0 Å². The summed E-state index contributed by atoms with van der Waals surface area (Å²) in [5, 5.41) is 11.1. The number of halogens is 1. The summed E-state index contributed by atoms with van der Waals surface area (Å²) in [4.78, 5) is 12.6. The molecule has 2 N–H and O–H groups in total. The Kier molecular flexibility index (Phi) is 6.30. The number of hydrogen-bond donors (Lipinski definition) is 2. The van der Waals surface area contributed by atoms with Crippen molar-refractivity contribution in [2.75, 3.05) is 31.2 Å².